The fourth-order valence-corrected chi connectivity index (χ4v) is 3.97. The van der Waals surface area contributed by atoms with Crippen LogP contribution in [0.3, 0.4) is 0 Å². The third-order valence-corrected chi connectivity index (χ3v) is 5.32. The van der Waals surface area contributed by atoms with E-state index in [1.807, 2.05) is 17.0 Å². The second-order valence-electron chi connectivity index (χ2n) is 5.74. The molecular weight excluding hydrogens is 334 g/mol. The summed E-state index contributed by atoms with van der Waals surface area (Å²) in [4.78, 5) is 27.4. The van der Waals surface area contributed by atoms with Crippen LogP contribution in [-0.2, 0) is 4.79 Å². The lowest BCUT2D eigenvalue weighted by Gasteiger charge is -2.35. The van der Waals surface area contributed by atoms with Crippen molar-refractivity contribution in [1.82, 2.24) is 4.90 Å². The number of benzene rings is 1. The molecule has 1 saturated heterocycles. The van der Waals surface area contributed by atoms with E-state index in [1.54, 1.807) is 17.8 Å². The fraction of sp³-hybridized carbons (Fsp3) is 0.500. The van der Waals surface area contributed by atoms with Gasteiger partial charge < -0.3 is 16.0 Å². The molecule has 2 aliphatic rings. The molecular formula is C16H22ClN3O2S. The molecule has 2 aliphatic heterocycles. The predicted molar refractivity (Wildman–Crippen MR) is 95.4 cm³/mol. The summed E-state index contributed by atoms with van der Waals surface area (Å²) in [5.41, 5.74) is 7.18. The number of nitrogens with two attached hydrogens (primary N) is 1. The maximum atomic E-state index is 12.8. The van der Waals surface area contributed by atoms with Crippen molar-refractivity contribution in [3.63, 3.8) is 0 Å². The Bertz CT molecular complexity index is 597. The minimum atomic E-state index is 0. The maximum absolute atomic E-state index is 12.8. The summed E-state index contributed by atoms with van der Waals surface area (Å²) in [5, 5.41) is 2.89. The summed E-state index contributed by atoms with van der Waals surface area (Å²) in [6, 6.07) is 5.72. The number of fused-ring (bicyclic) bond motifs is 1. The molecule has 126 valence electrons. The standard InChI is InChI=1S/C16H21N3O2S.ClH/c17-10-12-3-1-2-7-19(12)16(21)11-4-5-14-13(9-11)18-15(20)6-8-22-14;/h4-5,9,12H,1-3,6-8,10,17H2,(H,18,20);1H. The molecule has 5 nitrogen and oxygen atoms in total. The van der Waals surface area contributed by atoms with Gasteiger partial charge in [-0.25, -0.2) is 0 Å². The number of anilines is 1. The van der Waals surface area contributed by atoms with Gasteiger partial charge in [-0.2, -0.15) is 0 Å². The lowest BCUT2D eigenvalue weighted by molar-refractivity contribution is -0.115. The van der Waals surface area contributed by atoms with Crippen LogP contribution in [0.2, 0.25) is 0 Å². The zero-order chi connectivity index (χ0) is 15.5. The molecule has 1 atom stereocenters. The van der Waals surface area contributed by atoms with Crippen molar-refractivity contribution in [2.24, 2.45) is 5.73 Å². The number of likely N-dealkylation sites (tertiary alicyclic amines) is 1. The minimum absolute atomic E-state index is 0. The highest BCUT2D eigenvalue weighted by Crippen LogP contribution is 2.32. The number of amides is 2. The highest BCUT2D eigenvalue weighted by molar-refractivity contribution is 7.99. The zero-order valence-electron chi connectivity index (χ0n) is 12.9. The van der Waals surface area contributed by atoms with Crippen LogP contribution in [0, 0.1) is 0 Å². The SMILES string of the molecule is Cl.NCC1CCCCN1C(=O)c1ccc2c(c1)NC(=O)CCS2. The molecule has 23 heavy (non-hydrogen) atoms. The van der Waals surface area contributed by atoms with Gasteiger partial charge in [0.2, 0.25) is 5.91 Å². The Morgan fingerprint density at radius 1 is 1.39 bits per heavy atom. The van der Waals surface area contributed by atoms with E-state index in [4.69, 9.17) is 5.73 Å². The van der Waals surface area contributed by atoms with Gasteiger partial charge in [-0.1, -0.05) is 0 Å². The van der Waals surface area contributed by atoms with E-state index in [2.05, 4.69) is 5.32 Å². The molecule has 1 aromatic carbocycles. The number of rotatable bonds is 2. The molecule has 1 fully saturated rings. The van der Waals surface area contributed by atoms with Gasteiger partial charge in [-0.05, 0) is 37.5 Å². The summed E-state index contributed by atoms with van der Waals surface area (Å²) in [5.74, 6) is 0.795. The van der Waals surface area contributed by atoms with Gasteiger partial charge in [0.05, 0.1) is 5.69 Å². The third kappa shape index (κ3) is 4.00. The van der Waals surface area contributed by atoms with E-state index >= 15 is 0 Å². The Morgan fingerprint density at radius 2 is 2.22 bits per heavy atom. The van der Waals surface area contributed by atoms with E-state index in [-0.39, 0.29) is 30.3 Å². The maximum Gasteiger partial charge on any atom is 0.254 e. The number of carbonyl (C=O) groups excluding carboxylic acids is 2. The highest BCUT2D eigenvalue weighted by Gasteiger charge is 2.27. The van der Waals surface area contributed by atoms with E-state index in [0.717, 1.165) is 42.1 Å². The van der Waals surface area contributed by atoms with E-state index in [9.17, 15) is 9.59 Å². The summed E-state index contributed by atoms with van der Waals surface area (Å²) in [7, 11) is 0. The van der Waals surface area contributed by atoms with Gasteiger partial charge in [0, 0.05) is 41.8 Å². The number of hydrogen-bond donors (Lipinski definition) is 2. The Morgan fingerprint density at radius 3 is 3.00 bits per heavy atom. The molecule has 0 radical (unpaired) electrons. The van der Waals surface area contributed by atoms with Gasteiger partial charge in [-0.15, -0.1) is 24.2 Å². The van der Waals surface area contributed by atoms with Crippen LogP contribution in [0.15, 0.2) is 23.1 Å². The average Bonchev–Trinajstić information content (AvgIpc) is 2.73. The summed E-state index contributed by atoms with van der Waals surface area (Å²) < 4.78 is 0. The van der Waals surface area contributed by atoms with Crippen LogP contribution in [0.4, 0.5) is 5.69 Å². The largest absolute Gasteiger partial charge is 0.334 e. The monoisotopic (exact) mass is 355 g/mol. The molecule has 0 aromatic heterocycles. The second kappa shape index (κ2) is 8.04. The molecule has 2 heterocycles. The molecule has 2 amide bonds. The lowest BCUT2D eigenvalue weighted by atomic mass is 10.0. The first-order valence-electron chi connectivity index (χ1n) is 7.77. The van der Waals surface area contributed by atoms with Crippen molar-refractivity contribution in [1.29, 1.82) is 0 Å². The molecule has 1 unspecified atom stereocenters. The van der Waals surface area contributed by atoms with Crippen LogP contribution < -0.4 is 11.1 Å². The second-order valence-corrected chi connectivity index (χ2v) is 6.88. The van der Waals surface area contributed by atoms with Crippen molar-refractivity contribution in [3.05, 3.63) is 23.8 Å². The Labute approximate surface area is 146 Å². The van der Waals surface area contributed by atoms with Crippen molar-refractivity contribution >= 4 is 41.7 Å². The van der Waals surface area contributed by atoms with Crippen LogP contribution in [-0.4, -0.2) is 41.6 Å². The molecule has 0 bridgehead atoms. The van der Waals surface area contributed by atoms with Gasteiger partial charge in [0.25, 0.3) is 5.91 Å². The van der Waals surface area contributed by atoms with E-state index in [0.29, 0.717) is 18.5 Å². The van der Waals surface area contributed by atoms with Crippen molar-refractivity contribution in [3.8, 4) is 0 Å². The first kappa shape index (κ1) is 18.1. The normalized spacial score (nSPS) is 20.8. The van der Waals surface area contributed by atoms with Crippen molar-refractivity contribution in [2.45, 2.75) is 36.6 Å². The van der Waals surface area contributed by atoms with Crippen molar-refractivity contribution < 1.29 is 9.59 Å². The van der Waals surface area contributed by atoms with Crippen LogP contribution in [0.1, 0.15) is 36.0 Å². The molecule has 3 rings (SSSR count). The third-order valence-electron chi connectivity index (χ3n) is 4.25. The number of nitrogens with one attached hydrogen (secondary N) is 1. The lowest BCUT2D eigenvalue weighted by Crippen LogP contribution is -2.47. The highest BCUT2D eigenvalue weighted by atomic mass is 35.5. The first-order valence-corrected chi connectivity index (χ1v) is 8.75. The Balaban J connectivity index is 0.00000192. The molecule has 3 N–H and O–H groups in total. The predicted octanol–water partition coefficient (Wildman–Crippen LogP) is 2.50. The van der Waals surface area contributed by atoms with E-state index in [1.165, 1.54) is 0 Å². The summed E-state index contributed by atoms with van der Waals surface area (Å²) in [6.07, 6.45) is 3.63. The van der Waals surface area contributed by atoms with Crippen LogP contribution in [0.5, 0.6) is 0 Å². The number of nitrogens with zero attached hydrogens (tertiary/aromatic N) is 1. The first-order chi connectivity index (χ1) is 10.7. The summed E-state index contributed by atoms with van der Waals surface area (Å²) in [6.45, 7) is 1.27. The zero-order valence-corrected chi connectivity index (χ0v) is 14.5. The number of carbonyl (C=O) groups is 2. The van der Waals surface area contributed by atoms with Crippen molar-refractivity contribution in [2.75, 3.05) is 24.2 Å². The molecule has 0 aliphatic carbocycles. The Kier molecular flexibility index (Phi) is 6.33. The van der Waals surface area contributed by atoms with Crippen LogP contribution >= 0.6 is 24.2 Å². The van der Waals surface area contributed by atoms with Gasteiger partial charge in [0.1, 0.15) is 0 Å². The quantitative estimate of drug-likeness (QED) is 0.854. The average molecular weight is 356 g/mol. The Hall–Kier alpha value is -1.24. The molecule has 1 aromatic rings. The number of piperidine rings is 1. The van der Waals surface area contributed by atoms with Gasteiger partial charge in [-0.3, -0.25) is 9.59 Å². The minimum Gasteiger partial charge on any atom is -0.334 e. The molecule has 0 spiro atoms. The fourth-order valence-electron chi connectivity index (χ4n) is 3.03. The number of hydrogen-bond acceptors (Lipinski definition) is 4. The summed E-state index contributed by atoms with van der Waals surface area (Å²) >= 11 is 1.65. The van der Waals surface area contributed by atoms with Crippen LogP contribution in [0.25, 0.3) is 0 Å². The van der Waals surface area contributed by atoms with Gasteiger partial charge >= 0.3 is 0 Å². The van der Waals surface area contributed by atoms with E-state index < -0.39 is 0 Å². The molecule has 7 heteroatoms. The van der Waals surface area contributed by atoms with Gasteiger partial charge in [0.15, 0.2) is 0 Å². The smallest absolute Gasteiger partial charge is 0.254 e. The molecule has 0 saturated carbocycles. The number of thioether (sulfide) groups is 1. The number of halogens is 1. The topological polar surface area (TPSA) is 75.4 Å².